The van der Waals surface area contributed by atoms with E-state index in [1.165, 1.54) is 0 Å². The fourth-order valence-electron chi connectivity index (χ4n) is 2.69. The molecule has 0 aromatic heterocycles. The molecular weight excluding hydrogens is 278 g/mol. The van der Waals surface area contributed by atoms with Crippen molar-refractivity contribution in [2.45, 2.75) is 44.6 Å². The molecule has 1 aliphatic carbocycles. The molecule has 5 heteroatoms. The van der Waals surface area contributed by atoms with Crippen LogP contribution in [0, 0.1) is 6.92 Å². The van der Waals surface area contributed by atoms with E-state index < -0.39 is 11.5 Å². The van der Waals surface area contributed by atoms with Gasteiger partial charge >= 0.3 is 5.97 Å². The highest BCUT2D eigenvalue weighted by Crippen LogP contribution is 2.29. The second kappa shape index (κ2) is 5.83. The Labute approximate surface area is 123 Å². The summed E-state index contributed by atoms with van der Waals surface area (Å²) in [5, 5.41) is 12.7. The largest absolute Gasteiger partial charge is 0.480 e. The van der Waals surface area contributed by atoms with E-state index in [0.717, 1.165) is 19.3 Å². The van der Waals surface area contributed by atoms with Crippen LogP contribution in [0.5, 0.6) is 0 Å². The first-order valence-electron chi connectivity index (χ1n) is 6.77. The Morgan fingerprint density at radius 2 is 1.90 bits per heavy atom. The molecule has 0 heterocycles. The van der Waals surface area contributed by atoms with Crippen molar-refractivity contribution >= 4 is 23.5 Å². The molecule has 1 saturated carbocycles. The van der Waals surface area contributed by atoms with E-state index >= 15 is 0 Å². The first-order chi connectivity index (χ1) is 9.46. The van der Waals surface area contributed by atoms with Crippen LogP contribution in [0.1, 0.15) is 48.0 Å². The van der Waals surface area contributed by atoms with Crippen molar-refractivity contribution in [1.29, 1.82) is 0 Å². The van der Waals surface area contributed by atoms with Crippen molar-refractivity contribution in [3.05, 3.63) is 34.3 Å². The Hall–Kier alpha value is -1.55. The number of hydrogen-bond donors (Lipinski definition) is 2. The summed E-state index contributed by atoms with van der Waals surface area (Å²) in [6.45, 7) is 1.76. The van der Waals surface area contributed by atoms with Crippen LogP contribution in [0.2, 0.25) is 5.02 Å². The van der Waals surface area contributed by atoms with Gasteiger partial charge in [-0.1, -0.05) is 36.9 Å². The molecule has 2 N–H and O–H groups in total. The van der Waals surface area contributed by atoms with Crippen LogP contribution in [-0.4, -0.2) is 22.5 Å². The first-order valence-corrected chi connectivity index (χ1v) is 7.15. The molecule has 0 radical (unpaired) electrons. The minimum Gasteiger partial charge on any atom is -0.480 e. The summed E-state index contributed by atoms with van der Waals surface area (Å²) in [5.74, 6) is -1.32. The van der Waals surface area contributed by atoms with E-state index in [9.17, 15) is 14.7 Å². The number of aliphatic carboxylic acids is 1. The summed E-state index contributed by atoms with van der Waals surface area (Å²) < 4.78 is 0. The SMILES string of the molecule is Cc1c(Cl)cccc1C(=O)NC1(C(=O)O)CCCCC1. The third kappa shape index (κ3) is 2.80. The van der Waals surface area contributed by atoms with Gasteiger partial charge in [0.15, 0.2) is 0 Å². The Kier molecular flexibility index (Phi) is 4.33. The fourth-order valence-corrected chi connectivity index (χ4v) is 2.86. The lowest BCUT2D eigenvalue weighted by molar-refractivity contribution is -0.145. The third-order valence-electron chi connectivity index (χ3n) is 3.98. The molecule has 108 valence electrons. The molecule has 1 fully saturated rings. The Bertz CT molecular complexity index is 536. The topological polar surface area (TPSA) is 66.4 Å². The van der Waals surface area contributed by atoms with Gasteiger partial charge in [0.05, 0.1) is 0 Å². The molecule has 0 bridgehead atoms. The first kappa shape index (κ1) is 14.9. The summed E-state index contributed by atoms with van der Waals surface area (Å²) in [4.78, 5) is 23.9. The van der Waals surface area contributed by atoms with Gasteiger partial charge in [-0.2, -0.15) is 0 Å². The summed E-state index contributed by atoms with van der Waals surface area (Å²) in [6, 6.07) is 5.06. The summed E-state index contributed by atoms with van der Waals surface area (Å²) in [5.41, 5.74) is -0.0314. The van der Waals surface area contributed by atoms with Gasteiger partial charge in [0.2, 0.25) is 0 Å². The molecular formula is C15H18ClNO3. The predicted molar refractivity (Wildman–Crippen MR) is 77.1 cm³/mol. The molecule has 2 rings (SSSR count). The number of nitrogens with one attached hydrogen (secondary N) is 1. The number of halogens is 1. The van der Waals surface area contributed by atoms with Crippen molar-refractivity contribution in [2.75, 3.05) is 0 Å². The number of amides is 1. The van der Waals surface area contributed by atoms with E-state index in [0.29, 0.717) is 29.0 Å². The van der Waals surface area contributed by atoms with Gasteiger partial charge in [0.1, 0.15) is 5.54 Å². The zero-order chi connectivity index (χ0) is 14.8. The van der Waals surface area contributed by atoms with E-state index in [4.69, 9.17) is 11.6 Å². The Morgan fingerprint density at radius 3 is 2.50 bits per heavy atom. The highest BCUT2D eigenvalue weighted by molar-refractivity contribution is 6.31. The van der Waals surface area contributed by atoms with Crippen molar-refractivity contribution < 1.29 is 14.7 Å². The minimum absolute atomic E-state index is 0.366. The molecule has 1 amide bonds. The monoisotopic (exact) mass is 295 g/mol. The maximum absolute atomic E-state index is 12.4. The van der Waals surface area contributed by atoms with Crippen LogP contribution in [0.4, 0.5) is 0 Å². The van der Waals surface area contributed by atoms with Crippen LogP contribution in [0.3, 0.4) is 0 Å². The van der Waals surface area contributed by atoms with Gasteiger partial charge in [0.25, 0.3) is 5.91 Å². The average Bonchev–Trinajstić information content (AvgIpc) is 2.42. The standard InChI is InChI=1S/C15H18ClNO3/c1-10-11(6-5-7-12(10)16)13(18)17-15(14(19)20)8-3-2-4-9-15/h5-7H,2-4,8-9H2,1H3,(H,17,18)(H,19,20). The summed E-state index contributed by atoms with van der Waals surface area (Å²) in [7, 11) is 0. The smallest absolute Gasteiger partial charge is 0.329 e. The van der Waals surface area contributed by atoms with Gasteiger partial charge < -0.3 is 10.4 Å². The maximum Gasteiger partial charge on any atom is 0.329 e. The highest BCUT2D eigenvalue weighted by Gasteiger charge is 2.41. The molecule has 1 aliphatic rings. The van der Waals surface area contributed by atoms with Crippen molar-refractivity contribution in [3.63, 3.8) is 0 Å². The van der Waals surface area contributed by atoms with E-state index in [1.54, 1.807) is 25.1 Å². The fraction of sp³-hybridized carbons (Fsp3) is 0.467. The van der Waals surface area contributed by atoms with Gasteiger partial charge in [-0.3, -0.25) is 4.79 Å². The van der Waals surface area contributed by atoms with Crippen molar-refractivity contribution in [1.82, 2.24) is 5.32 Å². The highest BCUT2D eigenvalue weighted by atomic mass is 35.5. The summed E-state index contributed by atoms with van der Waals surface area (Å²) in [6.07, 6.45) is 3.62. The molecule has 0 atom stereocenters. The average molecular weight is 296 g/mol. The van der Waals surface area contributed by atoms with E-state index in [2.05, 4.69) is 5.32 Å². The molecule has 1 aromatic rings. The predicted octanol–water partition coefficient (Wildman–Crippen LogP) is 3.17. The Morgan fingerprint density at radius 1 is 1.25 bits per heavy atom. The number of rotatable bonds is 3. The molecule has 20 heavy (non-hydrogen) atoms. The number of carboxylic acids is 1. The van der Waals surface area contributed by atoms with Crippen LogP contribution in [0.15, 0.2) is 18.2 Å². The third-order valence-corrected chi connectivity index (χ3v) is 4.39. The number of carbonyl (C=O) groups is 2. The number of carbonyl (C=O) groups excluding carboxylic acids is 1. The number of benzene rings is 1. The zero-order valence-electron chi connectivity index (χ0n) is 11.4. The quantitative estimate of drug-likeness (QED) is 0.900. The molecule has 0 unspecified atom stereocenters. The van der Waals surface area contributed by atoms with Crippen LogP contribution in [-0.2, 0) is 4.79 Å². The molecule has 0 aliphatic heterocycles. The van der Waals surface area contributed by atoms with Crippen LogP contribution >= 0.6 is 11.6 Å². The van der Waals surface area contributed by atoms with Crippen LogP contribution < -0.4 is 5.32 Å². The van der Waals surface area contributed by atoms with Gasteiger partial charge in [-0.05, 0) is 37.5 Å². The Balaban J connectivity index is 2.25. The minimum atomic E-state index is -1.13. The van der Waals surface area contributed by atoms with Crippen LogP contribution in [0.25, 0.3) is 0 Å². The lowest BCUT2D eigenvalue weighted by Gasteiger charge is -2.34. The molecule has 0 saturated heterocycles. The lowest BCUT2D eigenvalue weighted by Crippen LogP contribution is -2.55. The van der Waals surface area contributed by atoms with Crippen molar-refractivity contribution in [2.24, 2.45) is 0 Å². The zero-order valence-corrected chi connectivity index (χ0v) is 12.2. The molecule has 1 aromatic carbocycles. The number of hydrogen-bond acceptors (Lipinski definition) is 2. The maximum atomic E-state index is 12.4. The van der Waals surface area contributed by atoms with Crippen molar-refractivity contribution in [3.8, 4) is 0 Å². The van der Waals surface area contributed by atoms with Gasteiger partial charge in [-0.25, -0.2) is 4.79 Å². The second-order valence-electron chi connectivity index (χ2n) is 5.31. The molecule has 0 spiro atoms. The van der Waals surface area contributed by atoms with E-state index in [-0.39, 0.29) is 5.91 Å². The van der Waals surface area contributed by atoms with E-state index in [1.807, 2.05) is 0 Å². The normalized spacial score (nSPS) is 17.5. The van der Waals surface area contributed by atoms with Gasteiger partial charge in [0, 0.05) is 10.6 Å². The van der Waals surface area contributed by atoms with Gasteiger partial charge in [-0.15, -0.1) is 0 Å². The summed E-state index contributed by atoms with van der Waals surface area (Å²) >= 11 is 6.00. The second-order valence-corrected chi connectivity index (χ2v) is 5.72. The molecule has 4 nitrogen and oxygen atoms in total. The number of carboxylic acid groups (broad SMARTS) is 1. The lowest BCUT2D eigenvalue weighted by atomic mass is 9.81.